The molecular weight excluding hydrogens is 262 g/mol. The van der Waals surface area contributed by atoms with Crippen LogP contribution in [0.15, 0.2) is 23.6 Å². The predicted molar refractivity (Wildman–Crippen MR) is 76.8 cm³/mol. The van der Waals surface area contributed by atoms with Gasteiger partial charge in [0.05, 0.1) is 5.69 Å². The normalized spacial score (nSPS) is 10.7. The Hall–Kier alpha value is -1.90. The molecule has 0 aromatic carbocycles. The molecule has 3 nitrogen and oxygen atoms in total. The number of nitrogen functional groups attached to an aromatic ring is 1. The highest BCUT2D eigenvalue weighted by atomic mass is 32.1. The summed E-state index contributed by atoms with van der Waals surface area (Å²) >= 11 is 3.02. The van der Waals surface area contributed by atoms with Gasteiger partial charge in [-0.05, 0) is 24.4 Å². The second-order valence-electron chi connectivity index (χ2n) is 3.93. The van der Waals surface area contributed by atoms with Crippen LogP contribution in [0.2, 0.25) is 0 Å². The molecule has 0 atom stereocenters. The van der Waals surface area contributed by atoms with Gasteiger partial charge in [0, 0.05) is 21.5 Å². The molecule has 0 fully saturated rings. The fourth-order valence-corrected chi connectivity index (χ4v) is 3.66. The van der Waals surface area contributed by atoms with Gasteiger partial charge in [0.15, 0.2) is 0 Å². The molecule has 5 heteroatoms. The number of anilines is 1. The molecule has 0 radical (unpaired) electrons. The first-order valence-electron chi connectivity index (χ1n) is 5.34. The summed E-state index contributed by atoms with van der Waals surface area (Å²) in [5, 5.41) is 12.0. The second kappa shape index (κ2) is 4.09. The molecule has 0 aliphatic rings. The van der Waals surface area contributed by atoms with E-state index in [0.29, 0.717) is 10.6 Å². The van der Waals surface area contributed by atoms with Crippen LogP contribution in [0.1, 0.15) is 10.6 Å². The molecule has 0 saturated heterocycles. The first-order chi connectivity index (χ1) is 8.70. The van der Waals surface area contributed by atoms with E-state index in [1.807, 2.05) is 24.4 Å². The third-order valence-corrected chi connectivity index (χ3v) is 4.62. The number of pyridine rings is 1. The lowest BCUT2D eigenvalue weighted by Crippen LogP contribution is -1.89. The quantitative estimate of drug-likeness (QED) is 0.732. The lowest BCUT2D eigenvalue weighted by Gasteiger charge is -2.03. The van der Waals surface area contributed by atoms with E-state index in [1.165, 1.54) is 11.3 Å². The lowest BCUT2D eigenvalue weighted by atomic mass is 10.1. The molecule has 0 spiro atoms. The van der Waals surface area contributed by atoms with Crippen molar-refractivity contribution in [1.29, 1.82) is 5.26 Å². The van der Waals surface area contributed by atoms with Crippen LogP contribution >= 0.6 is 22.7 Å². The van der Waals surface area contributed by atoms with Gasteiger partial charge < -0.3 is 5.73 Å². The van der Waals surface area contributed by atoms with Crippen LogP contribution in [0.4, 0.5) is 5.69 Å². The van der Waals surface area contributed by atoms with Crippen LogP contribution in [0.5, 0.6) is 0 Å². The van der Waals surface area contributed by atoms with Crippen molar-refractivity contribution in [3.8, 4) is 16.5 Å². The molecular formula is C13H9N3S2. The molecule has 2 N–H and O–H groups in total. The summed E-state index contributed by atoms with van der Waals surface area (Å²) in [5.74, 6) is 0. The van der Waals surface area contributed by atoms with E-state index in [-0.39, 0.29) is 0 Å². The topological polar surface area (TPSA) is 62.7 Å². The molecule has 0 unspecified atom stereocenters. The minimum Gasteiger partial charge on any atom is -0.396 e. The van der Waals surface area contributed by atoms with Gasteiger partial charge in [0.1, 0.15) is 15.8 Å². The number of nitrogens with zero attached hydrogens (tertiary/aromatic N) is 2. The fraction of sp³-hybridized carbons (Fsp3) is 0.0769. The van der Waals surface area contributed by atoms with E-state index in [0.717, 1.165) is 26.4 Å². The number of nitriles is 1. The number of rotatable bonds is 1. The Kier molecular flexibility index (Phi) is 2.54. The Morgan fingerprint density at radius 3 is 2.94 bits per heavy atom. The smallest absolute Gasteiger partial charge is 0.130 e. The van der Waals surface area contributed by atoms with Crippen molar-refractivity contribution >= 4 is 38.6 Å². The largest absolute Gasteiger partial charge is 0.396 e. The summed E-state index contributed by atoms with van der Waals surface area (Å²) in [6.45, 7) is 1.96. The van der Waals surface area contributed by atoms with E-state index < -0.39 is 0 Å². The van der Waals surface area contributed by atoms with E-state index in [2.05, 4.69) is 17.1 Å². The highest BCUT2D eigenvalue weighted by molar-refractivity contribution is 7.20. The third-order valence-electron chi connectivity index (χ3n) is 2.72. The summed E-state index contributed by atoms with van der Waals surface area (Å²) in [6.07, 6.45) is 0. The Labute approximate surface area is 112 Å². The van der Waals surface area contributed by atoms with Crippen molar-refractivity contribution in [2.45, 2.75) is 6.92 Å². The van der Waals surface area contributed by atoms with Gasteiger partial charge in [-0.25, -0.2) is 4.98 Å². The molecule has 0 amide bonds. The molecule has 3 heterocycles. The van der Waals surface area contributed by atoms with Crippen LogP contribution in [0, 0.1) is 18.3 Å². The molecule has 3 rings (SSSR count). The number of thiophene rings is 2. The maximum absolute atomic E-state index is 9.07. The van der Waals surface area contributed by atoms with Gasteiger partial charge in [-0.15, -0.1) is 22.7 Å². The molecule has 0 saturated carbocycles. The van der Waals surface area contributed by atoms with Crippen LogP contribution in [0.3, 0.4) is 0 Å². The van der Waals surface area contributed by atoms with Crippen molar-refractivity contribution in [2.75, 3.05) is 5.73 Å². The average molecular weight is 271 g/mol. The first kappa shape index (κ1) is 11.2. The molecule has 18 heavy (non-hydrogen) atoms. The summed E-state index contributed by atoms with van der Waals surface area (Å²) in [6, 6.07) is 8.23. The zero-order valence-electron chi connectivity index (χ0n) is 9.60. The van der Waals surface area contributed by atoms with E-state index >= 15 is 0 Å². The average Bonchev–Trinajstić information content (AvgIpc) is 2.96. The minimum atomic E-state index is 0.543. The van der Waals surface area contributed by atoms with Gasteiger partial charge >= 0.3 is 0 Å². The van der Waals surface area contributed by atoms with Crippen molar-refractivity contribution in [2.24, 2.45) is 0 Å². The Morgan fingerprint density at radius 2 is 2.28 bits per heavy atom. The van der Waals surface area contributed by atoms with Crippen molar-refractivity contribution in [3.63, 3.8) is 0 Å². The van der Waals surface area contributed by atoms with Gasteiger partial charge in [-0.1, -0.05) is 6.07 Å². The first-order valence-corrected chi connectivity index (χ1v) is 7.04. The molecule has 0 aliphatic heterocycles. The molecule has 0 bridgehead atoms. The van der Waals surface area contributed by atoms with Crippen LogP contribution in [-0.4, -0.2) is 4.98 Å². The summed E-state index contributed by atoms with van der Waals surface area (Å²) in [7, 11) is 0. The standard InChI is InChI=1S/C13H9N3S2/c1-7-5-8(9-3-2-4-17-9)11-12(15)10(6-14)18-13(11)16-7/h2-5H,15H2,1H3. The summed E-state index contributed by atoms with van der Waals surface area (Å²) in [4.78, 5) is 7.00. The molecule has 0 aliphatic carbocycles. The number of aryl methyl sites for hydroxylation is 1. The van der Waals surface area contributed by atoms with Crippen molar-refractivity contribution in [1.82, 2.24) is 4.98 Å². The highest BCUT2D eigenvalue weighted by Gasteiger charge is 2.16. The lowest BCUT2D eigenvalue weighted by molar-refractivity contribution is 1.27. The zero-order chi connectivity index (χ0) is 12.7. The SMILES string of the molecule is Cc1cc(-c2cccs2)c2c(N)c(C#N)sc2n1. The predicted octanol–water partition coefficient (Wildman–Crippen LogP) is 3.79. The van der Waals surface area contributed by atoms with Crippen molar-refractivity contribution < 1.29 is 0 Å². The van der Waals surface area contributed by atoms with Crippen LogP contribution in [0.25, 0.3) is 20.7 Å². The Bertz CT molecular complexity index is 764. The maximum atomic E-state index is 9.07. The fourth-order valence-electron chi connectivity index (χ4n) is 1.95. The van der Waals surface area contributed by atoms with Gasteiger partial charge in [-0.2, -0.15) is 5.26 Å². The number of aromatic nitrogens is 1. The molecule has 3 aromatic heterocycles. The minimum absolute atomic E-state index is 0.543. The number of hydrogen-bond acceptors (Lipinski definition) is 5. The summed E-state index contributed by atoms with van der Waals surface area (Å²) < 4.78 is 0. The Balaban J connectivity index is 2.44. The van der Waals surface area contributed by atoms with Crippen LogP contribution < -0.4 is 5.73 Å². The monoisotopic (exact) mass is 271 g/mol. The second-order valence-corrected chi connectivity index (χ2v) is 5.87. The molecule has 3 aromatic rings. The van der Waals surface area contributed by atoms with Crippen LogP contribution in [-0.2, 0) is 0 Å². The van der Waals surface area contributed by atoms with Gasteiger partial charge in [0.2, 0.25) is 0 Å². The third kappa shape index (κ3) is 1.58. The number of nitrogens with two attached hydrogens (primary N) is 1. The van der Waals surface area contributed by atoms with E-state index in [4.69, 9.17) is 11.0 Å². The molecule has 88 valence electrons. The number of hydrogen-bond donors (Lipinski definition) is 1. The zero-order valence-corrected chi connectivity index (χ0v) is 11.2. The van der Waals surface area contributed by atoms with E-state index in [9.17, 15) is 0 Å². The highest BCUT2D eigenvalue weighted by Crippen LogP contribution is 2.40. The van der Waals surface area contributed by atoms with Gasteiger partial charge in [0.25, 0.3) is 0 Å². The van der Waals surface area contributed by atoms with Crippen molar-refractivity contribution in [3.05, 3.63) is 34.2 Å². The van der Waals surface area contributed by atoms with Gasteiger partial charge in [-0.3, -0.25) is 0 Å². The Morgan fingerprint density at radius 1 is 1.44 bits per heavy atom. The number of fused-ring (bicyclic) bond motifs is 1. The maximum Gasteiger partial charge on any atom is 0.130 e. The summed E-state index contributed by atoms with van der Waals surface area (Å²) in [5.41, 5.74) is 8.62. The van der Waals surface area contributed by atoms with E-state index in [1.54, 1.807) is 11.3 Å².